The number of nitrogens with one attached hydrogen (secondary N) is 1. The molecule has 0 aliphatic heterocycles. The van der Waals surface area contributed by atoms with Crippen LogP contribution in [0.3, 0.4) is 0 Å². The topological polar surface area (TPSA) is 55.1 Å². The van der Waals surface area contributed by atoms with Crippen LogP contribution < -0.4 is 11.1 Å². The summed E-state index contributed by atoms with van der Waals surface area (Å²) in [6.07, 6.45) is 2.18. The molecular weight excluding hydrogens is 164 g/mol. The molecule has 0 aromatic carbocycles. The molecule has 1 aliphatic carbocycles. The molecule has 1 saturated carbocycles. The van der Waals surface area contributed by atoms with Crippen molar-refractivity contribution in [3.63, 3.8) is 0 Å². The van der Waals surface area contributed by atoms with Crippen LogP contribution in [0.25, 0.3) is 0 Å². The fourth-order valence-electron chi connectivity index (χ4n) is 1.81. The predicted molar refractivity (Wildman–Crippen MR) is 53.2 cm³/mol. The van der Waals surface area contributed by atoms with Crippen LogP contribution in [0.4, 0.5) is 0 Å². The minimum Gasteiger partial charge on any atom is -0.368 e. The van der Waals surface area contributed by atoms with Crippen molar-refractivity contribution >= 4 is 5.91 Å². The van der Waals surface area contributed by atoms with Crippen molar-refractivity contribution in [1.29, 1.82) is 0 Å². The first-order valence-corrected chi connectivity index (χ1v) is 4.89. The SMILES string of the molecule is CC(C)NC(C)(C(N)=O)C1(C)CC1. The molecule has 0 bridgehead atoms. The van der Waals surface area contributed by atoms with Crippen LogP contribution in [0.15, 0.2) is 0 Å². The van der Waals surface area contributed by atoms with Gasteiger partial charge in [-0.3, -0.25) is 4.79 Å². The second-order valence-electron chi connectivity index (χ2n) is 4.85. The molecule has 0 aromatic rings. The molecule has 1 atom stereocenters. The Kier molecular flexibility index (Phi) is 2.41. The molecule has 76 valence electrons. The quantitative estimate of drug-likeness (QED) is 0.685. The van der Waals surface area contributed by atoms with Crippen molar-refractivity contribution in [2.45, 2.75) is 52.1 Å². The van der Waals surface area contributed by atoms with E-state index in [9.17, 15) is 4.79 Å². The van der Waals surface area contributed by atoms with E-state index >= 15 is 0 Å². The summed E-state index contributed by atoms with van der Waals surface area (Å²) >= 11 is 0. The number of hydrogen-bond acceptors (Lipinski definition) is 2. The van der Waals surface area contributed by atoms with Crippen LogP contribution in [0.1, 0.15) is 40.5 Å². The monoisotopic (exact) mass is 184 g/mol. The molecule has 0 saturated heterocycles. The Bertz CT molecular complexity index is 221. The van der Waals surface area contributed by atoms with Crippen LogP contribution in [0.5, 0.6) is 0 Å². The molecule has 13 heavy (non-hydrogen) atoms. The van der Waals surface area contributed by atoms with Gasteiger partial charge in [0, 0.05) is 6.04 Å². The number of carbonyl (C=O) groups excluding carboxylic acids is 1. The fraction of sp³-hybridized carbons (Fsp3) is 0.900. The number of hydrogen-bond donors (Lipinski definition) is 2. The van der Waals surface area contributed by atoms with Crippen LogP contribution >= 0.6 is 0 Å². The minimum absolute atomic E-state index is 0.0725. The van der Waals surface area contributed by atoms with Crippen LogP contribution in [-0.4, -0.2) is 17.5 Å². The maximum atomic E-state index is 11.4. The summed E-state index contributed by atoms with van der Waals surface area (Å²) in [7, 11) is 0. The third kappa shape index (κ3) is 1.70. The molecule has 0 radical (unpaired) electrons. The van der Waals surface area contributed by atoms with E-state index < -0.39 is 5.54 Å². The summed E-state index contributed by atoms with van der Waals surface area (Å²) in [6.45, 7) is 8.11. The molecule has 3 heteroatoms. The maximum absolute atomic E-state index is 11.4. The molecule has 1 aliphatic rings. The normalized spacial score (nSPS) is 24.1. The summed E-state index contributed by atoms with van der Waals surface area (Å²) in [6, 6.07) is 0.287. The first-order chi connectivity index (χ1) is 5.82. The standard InChI is InChI=1S/C10H20N2O/c1-7(2)12-10(4,8(11)13)9(3)5-6-9/h7,12H,5-6H2,1-4H3,(H2,11,13). The first-order valence-electron chi connectivity index (χ1n) is 4.89. The molecule has 3 N–H and O–H groups in total. The lowest BCUT2D eigenvalue weighted by Gasteiger charge is -2.35. The highest BCUT2D eigenvalue weighted by Gasteiger charge is 2.56. The molecule has 1 unspecified atom stereocenters. The van der Waals surface area contributed by atoms with E-state index in [0.29, 0.717) is 0 Å². The molecular formula is C10H20N2O. The molecule has 1 amide bonds. The average Bonchev–Trinajstić information content (AvgIpc) is 2.67. The van der Waals surface area contributed by atoms with Gasteiger partial charge in [0.25, 0.3) is 0 Å². The molecule has 0 aromatic heterocycles. The van der Waals surface area contributed by atoms with E-state index in [1.165, 1.54) is 0 Å². The Morgan fingerprint density at radius 1 is 1.54 bits per heavy atom. The van der Waals surface area contributed by atoms with Crippen molar-refractivity contribution in [1.82, 2.24) is 5.32 Å². The lowest BCUT2D eigenvalue weighted by molar-refractivity contribution is -0.126. The van der Waals surface area contributed by atoms with Crippen molar-refractivity contribution in [3.05, 3.63) is 0 Å². The van der Waals surface area contributed by atoms with E-state index in [-0.39, 0.29) is 17.4 Å². The summed E-state index contributed by atoms with van der Waals surface area (Å²) in [5.74, 6) is -0.235. The van der Waals surface area contributed by atoms with E-state index in [1.807, 2.05) is 20.8 Å². The summed E-state index contributed by atoms with van der Waals surface area (Å²) in [5.41, 5.74) is 4.98. The van der Waals surface area contributed by atoms with Crippen molar-refractivity contribution in [2.24, 2.45) is 11.1 Å². The highest BCUT2D eigenvalue weighted by Crippen LogP contribution is 2.53. The van der Waals surface area contributed by atoms with Crippen molar-refractivity contribution in [3.8, 4) is 0 Å². The number of carbonyl (C=O) groups is 1. The van der Waals surface area contributed by atoms with Gasteiger partial charge in [0.2, 0.25) is 5.91 Å². The van der Waals surface area contributed by atoms with Gasteiger partial charge in [-0.25, -0.2) is 0 Å². The Labute approximate surface area is 80.1 Å². The van der Waals surface area contributed by atoms with Gasteiger partial charge in [-0.15, -0.1) is 0 Å². The first kappa shape index (κ1) is 10.5. The summed E-state index contributed by atoms with van der Waals surface area (Å²) in [5, 5.41) is 3.28. The van der Waals surface area contributed by atoms with Gasteiger partial charge in [-0.1, -0.05) is 6.92 Å². The second-order valence-corrected chi connectivity index (χ2v) is 4.85. The van der Waals surface area contributed by atoms with Gasteiger partial charge in [0.05, 0.1) is 0 Å². The molecule has 1 fully saturated rings. The number of nitrogens with two attached hydrogens (primary N) is 1. The number of primary amides is 1. The van der Waals surface area contributed by atoms with Crippen LogP contribution in [-0.2, 0) is 4.79 Å². The van der Waals surface area contributed by atoms with Gasteiger partial charge in [0.1, 0.15) is 5.54 Å². The predicted octanol–water partition coefficient (Wildman–Crippen LogP) is 1.03. The van der Waals surface area contributed by atoms with E-state index in [4.69, 9.17) is 5.73 Å². The zero-order valence-electron chi connectivity index (χ0n) is 8.98. The number of rotatable bonds is 4. The lowest BCUT2D eigenvalue weighted by Crippen LogP contribution is -2.60. The van der Waals surface area contributed by atoms with Crippen LogP contribution in [0.2, 0.25) is 0 Å². The summed E-state index contributed by atoms with van der Waals surface area (Å²) in [4.78, 5) is 11.4. The number of amides is 1. The van der Waals surface area contributed by atoms with Gasteiger partial charge in [0.15, 0.2) is 0 Å². The van der Waals surface area contributed by atoms with Gasteiger partial charge in [-0.05, 0) is 39.0 Å². The largest absolute Gasteiger partial charge is 0.368 e. The third-order valence-electron chi connectivity index (χ3n) is 3.28. The molecule has 0 spiro atoms. The molecule has 0 heterocycles. The zero-order chi connectivity index (χ0) is 10.3. The summed E-state index contributed by atoms with van der Waals surface area (Å²) < 4.78 is 0. The Morgan fingerprint density at radius 3 is 2.23 bits per heavy atom. The third-order valence-corrected chi connectivity index (χ3v) is 3.28. The van der Waals surface area contributed by atoms with Gasteiger partial charge in [-0.2, -0.15) is 0 Å². The van der Waals surface area contributed by atoms with E-state index in [2.05, 4.69) is 12.2 Å². The fourth-order valence-corrected chi connectivity index (χ4v) is 1.81. The van der Waals surface area contributed by atoms with E-state index in [0.717, 1.165) is 12.8 Å². The second kappa shape index (κ2) is 2.98. The van der Waals surface area contributed by atoms with E-state index in [1.54, 1.807) is 0 Å². The maximum Gasteiger partial charge on any atom is 0.238 e. The Morgan fingerprint density at radius 2 is 2.00 bits per heavy atom. The van der Waals surface area contributed by atoms with Crippen LogP contribution in [0, 0.1) is 5.41 Å². The van der Waals surface area contributed by atoms with Gasteiger partial charge < -0.3 is 11.1 Å². The van der Waals surface area contributed by atoms with Crippen molar-refractivity contribution in [2.75, 3.05) is 0 Å². The van der Waals surface area contributed by atoms with Crippen molar-refractivity contribution < 1.29 is 4.79 Å². The molecule has 3 nitrogen and oxygen atoms in total. The average molecular weight is 184 g/mol. The minimum atomic E-state index is -0.541. The highest BCUT2D eigenvalue weighted by molar-refractivity contribution is 5.85. The Balaban J connectivity index is 2.81. The lowest BCUT2D eigenvalue weighted by atomic mass is 9.82. The molecule has 1 rings (SSSR count). The smallest absolute Gasteiger partial charge is 0.238 e. The zero-order valence-corrected chi connectivity index (χ0v) is 8.98. The highest BCUT2D eigenvalue weighted by atomic mass is 16.1. The Hall–Kier alpha value is -0.570. The van der Waals surface area contributed by atoms with Gasteiger partial charge >= 0.3 is 0 Å².